The summed E-state index contributed by atoms with van der Waals surface area (Å²) < 4.78 is 0. The molecule has 6 nitrogen and oxygen atoms in total. The Morgan fingerprint density at radius 3 is 2.65 bits per heavy atom. The fourth-order valence-corrected chi connectivity index (χ4v) is 1.72. The molecule has 1 rings (SSSR count). The first kappa shape index (κ1) is 16.3. The lowest BCUT2D eigenvalue weighted by atomic mass is 10.2. The maximum absolute atomic E-state index is 11.8. The van der Waals surface area contributed by atoms with E-state index < -0.39 is 12.1 Å². The van der Waals surface area contributed by atoms with E-state index in [1.165, 1.54) is 4.90 Å². The number of aliphatic hydroxyl groups is 1. The second-order valence-corrected chi connectivity index (χ2v) is 4.73. The summed E-state index contributed by atoms with van der Waals surface area (Å²) in [5, 5.41) is 20.7. The zero-order chi connectivity index (χ0) is 15.1. The highest BCUT2D eigenvalue weighted by Crippen LogP contribution is 2.16. The number of hydrogen-bond donors (Lipinski definition) is 3. The number of carboxylic acid groups (broad SMARTS) is 1. The molecular weight excluding hydrogens is 284 g/mol. The van der Waals surface area contributed by atoms with Gasteiger partial charge in [-0.25, -0.2) is 9.59 Å². The van der Waals surface area contributed by atoms with Crippen molar-refractivity contribution in [2.45, 2.75) is 19.1 Å². The van der Waals surface area contributed by atoms with Gasteiger partial charge in [-0.1, -0.05) is 29.8 Å². The molecule has 1 atom stereocenters. The first-order valence-electron chi connectivity index (χ1n) is 6.05. The third-order valence-electron chi connectivity index (χ3n) is 2.69. The Balaban J connectivity index is 2.40. The van der Waals surface area contributed by atoms with Crippen LogP contribution in [0.1, 0.15) is 12.0 Å². The summed E-state index contributed by atoms with van der Waals surface area (Å²) in [6.07, 6.45) is -1.51. The number of carboxylic acids is 1. The van der Waals surface area contributed by atoms with Crippen LogP contribution in [0.25, 0.3) is 0 Å². The molecule has 1 unspecified atom stereocenters. The van der Waals surface area contributed by atoms with Gasteiger partial charge in [-0.15, -0.1) is 0 Å². The summed E-state index contributed by atoms with van der Waals surface area (Å²) in [5.41, 5.74) is 0.817. The van der Waals surface area contributed by atoms with Crippen LogP contribution in [0.2, 0.25) is 5.02 Å². The quantitative estimate of drug-likeness (QED) is 0.739. The highest BCUT2D eigenvalue weighted by atomic mass is 35.5. The van der Waals surface area contributed by atoms with Gasteiger partial charge in [-0.3, -0.25) is 0 Å². The van der Waals surface area contributed by atoms with Crippen LogP contribution in [0.4, 0.5) is 4.79 Å². The zero-order valence-corrected chi connectivity index (χ0v) is 11.8. The first-order chi connectivity index (χ1) is 9.41. The lowest BCUT2D eigenvalue weighted by Gasteiger charge is -2.19. The molecule has 3 N–H and O–H groups in total. The molecule has 7 heteroatoms. The number of halogens is 1. The molecule has 0 bridgehead atoms. The minimum atomic E-state index is -1.47. The van der Waals surface area contributed by atoms with Crippen molar-refractivity contribution >= 4 is 23.6 Å². The number of hydrogen-bond acceptors (Lipinski definition) is 3. The maximum Gasteiger partial charge on any atom is 0.332 e. The molecule has 0 aromatic heterocycles. The molecule has 0 heterocycles. The molecule has 1 aromatic carbocycles. The van der Waals surface area contributed by atoms with Gasteiger partial charge in [-0.05, 0) is 11.6 Å². The van der Waals surface area contributed by atoms with E-state index in [9.17, 15) is 9.59 Å². The molecule has 0 aliphatic heterocycles. The Morgan fingerprint density at radius 1 is 1.40 bits per heavy atom. The minimum absolute atomic E-state index is 0.0407. The number of carbonyl (C=O) groups is 2. The summed E-state index contributed by atoms with van der Waals surface area (Å²) >= 11 is 6.00. The van der Waals surface area contributed by atoms with E-state index in [1.54, 1.807) is 19.2 Å². The second-order valence-electron chi connectivity index (χ2n) is 4.32. The predicted molar refractivity (Wildman–Crippen MR) is 74.6 cm³/mol. The number of carbonyl (C=O) groups excluding carboxylic acids is 1. The van der Waals surface area contributed by atoms with Gasteiger partial charge in [0.05, 0.1) is 0 Å². The fraction of sp³-hybridized carbons (Fsp3) is 0.385. The Hall–Kier alpha value is -1.79. The van der Waals surface area contributed by atoms with Gasteiger partial charge in [0, 0.05) is 31.6 Å². The summed E-state index contributed by atoms with van der Waals surface area (Å²) in [4.78, 5) is 23.6. The van der Waals surface area contributed by atoms with Crippen LogP contribution in [0.3, 0.4) is 0 Å². The molecule has 0 radical (unpaired) electrons. The smallest absolute Gasteiger partial charge is 0.332 e. The number of benzene rings is 1. The number of nitrogens with zero attached hydrogens (tertiary/aromatic N) is 1. The van der Waals surface area contributed by atoms with E-state index >= 15 is 0 Å². The first-order valence-corrected chi connectivity index (χ1v) is 6.43. The number of amides is 2. The summed E-state index contributed by atoms with van der Waals surface area (Å²) in [6.45, 7) is 0.423. The van der Waals surface area contributed by atoms with Crippen LogP contribution in [-0.2, 0) is 11.3 Å². The number of aliphatic carboxylic acids is 1. The van der Waals surface area contributed by atoms with Crippen molar-refractivity contribution in [2.24, 2.45) is 0 Å². The SMILES string of the molecule is CN(Cc1ccccc1Cl)C(=O)NCCC(O)C(=O)O. The van der Waals surface area contributed by atoms with Crippen molar-refractivity contribution in [3.8, 4) is 0 Å². The minimum Gasteiger partial charge on any atom is -0.479 e. The molecule has 110 valence electrons. The highest BCUT2D eigenvalue weighted by molar-refractivity contribution is 6.31. The van der Waals surface area contributed by atoms with Crippen molar-refractivity contribution < 1.29 is 19.8 Å². The monoisotopic (exact) mass is 300 g/mol. The van der Waals surface area contributed by atoms with E-state index in [-0.39, 0.29) is 19.0 Å². The van der Waals surface area contributed by atoms with Crippen molar-refractivity contribution in [1.82, 2.24) is 10.2 Å². The molecule has 0 aliphatic carbocycles. The fourth-order valence-electron chi connectivity index (χ4n) is 1.53. The second kappa shape index (κ2) is 7.72. The van der Waals surface area contributed by atoms with Gasteiger partial charge in [0.25, 0.3) is 0 Å². The van der Waals surface area contributed by atoms with Crippen molar-refractivity contribution in [3.05, 3.63) is 34.9 Å². The van der Waals surface area contributed by atoms with Gasteiger partial charge in [0.2, 0.25) is 0 Å². The van der Waals surface area contributed by atoms with E-state index in [4.69, 9.17) is 21.8 Å². The zero-order valence-electron chi connectivity index (χ0n) is 11.0. The van der Waals surface area contributed by atoms with E-state index in [1.807, 2.05) is 12.1 Å². The van der Waals surface area contributed by atoms with Gasteiger partial charge in [0.1, 0.15) is 0 Å². The molecule has 0 saturated carbocycles. The van der Waals surface area contributed by atoms with Crippen LogP contribution in [-0.4, -0.2) is 46.8 Å². The van der Waals surface area contributed by atoms with Crippen molar-refractivity contribution in [3.63, 3.8) is 0 Å². The number of rotatable bonds is 6. The van der Waals surface area contributed by atoms with Crippen LogP contribution < -0.4 is 5.32 Å². The largest absolute Gasteiger partial charge is 0.479 e. The van der Waals surface area contributed by atoms with Crippen LogP contribution in [0.5, 0.6) is 0 Å². The summed E-state index contributed by atoms with van der Waals surface area (Å²) in [5.74, 6) is -1.30. The third-order valence-corrected chi connectivity index (χ3v) is 3.06. The molecule has 0 saturated heterocycles. The van der Waals surface area contributed by atoms with E-state index in [0.29, 0.717) is 11.6 Å². The topological polar surface area (TPSA) is 89.9 Å². The van der Waals surface area contributed by atoms with Crippen molar-refractivity contribution in [2.75, 3.05) is 13.6 Å². The van der Waals surface area contributed by atoms with Gasteiger partial charge in [-0.2, -0.15) is 0 Å². The molecule has 1 aromatic rings. The van der Waals surface area contributed by atoms with Gasteiger partial charge >= 0.3 is 12.0 Å². The lowest BCUT2D eigenvalue weighted by molar-refractivity contribution is -0.146. The normalized spacial score (nSPS) is 11.8. The summed E-state index contributed by atoms with van der Waals surface area (Å²) in [6, 6.07) is 6.84. The Morgan fingerprint density at radius 2 is 2.05 bits per heavy atom. The molecular formula is C13H17ClN2O4. The van der Waals surface area contributed by atoms with E-state index in [2.05, 4.69) is 5.32 Å². The number of aliphatic hydroxyl groups excluding tert-OH is 1. The number of nitrogens with one attached hydrogen (secondary N) is 1. The lowest BCUT2D eigenvalue weighted by Crippen LogP contribution is -2.38. The molecule has 0 fully saturated rings. The Kier molecular flexibility index (Phi) is 6.27. The molecule has 2 amide bonds. The average Bonchev–Trinajstić information content (AvgIpc) is 2.40. The van der Waals surface area contributed by atoms with E-state index in [0.717, 1.165) is 5.56 Å². The Labute approximate surface area is 122 Å². The highest BCUT2D eigenvalue weighted by Gasteiger charge is 2.14. The van der Waals surface area contributed by atoms with Crippen LogP contribution in [0, 0.1) is 0 Å². The predicted octanol–water partition coefficient (Wildman–Crippen LogP) is 1.32. The molecule has 0 spiro atoms. The molecule has 0 aliphatic rings. The average molecular weight is 301 g/mol. The Bertz CT molecular complexity index is 481. The standard InChI is InChI=1S/C13H17ClN2O4/c1-16(8-9-4-2-3-5-10(9)14)13(20)15-7-6-11(17)12(18)19/h2-5,11,17H,6-8H2,1H3,(H,15,20)(H,18,19). The van der Waals surface area contributed by atoms with Gasteiger partial charge < -0.3 is 20.4 Å². The third kappa shape index (κ3) is 5.07. The van der Waals surface area contributed by atoms with Crippen LogP contribution >= 0.6 is 11.6 Å². The number of urea groups is 1. The van der Waals surface area contributed by atoms with Crippen molar-refractivity contribution in [1.29, 1.82) is 0 Å². The maximum atomic E-state index is 11.8. The summed E-state index contributed by atoms with van der Waals surface area (Å²) in [7, 11) is 1.60. The van der Waals surface area contributed by atoms with Gasteiger partial charge in [0.15, 0.2) is 6.10 Å². The molecule has 20 heavy (non-hydrogen) atoms. The van der Waals surface area contributed by atoms with Crippen LogP contribution in [0.15, 0.2) is 24.3 Å².